The molecule has 0 saturated heterocycles. The van der Waals surface area contributed by atoms with Crippen molar-refractivity contribution in [1.29, 1.82) is 0 Å². The molecule has 0 fully saturated rings. The van der Waals surface area contributed by atoms with Crippen molar-refractivity contribution in [3.8, 4) is 0 Å². The first-order valence-electron chi connectivity index (χ1n) is 4.99. The largest absolute Gasteiger partial charge is 0.307 e. The van der Waals surface area contributed by atoms with Gasteiger partial charge >= 0.3 is 0 Å². The summed E-state index contributed by atoms with van der Waals surface area (Å²) in [7, 11) is 3.75. The molecular weight excluding hydrogens is 224 g/mol. The summed E-state index contributed by atoms with van der Waals surface area (Å²) in [6.07, 6.45) is 3.41. The minimum absolute atomic E-state index is 0.0406. The van der Waals surface area contributed by atoms with E-state index in [0.717, 1.165) is 11.4 Å². The molecule has 1 unspecified atom stereocenters. The van der Waals surface area contributed by atoms with Crippen LogP contribution in [0.5, 0.6) is 0 Å². The first kappa shape index (κ1) is 11.1. The number of nitrogens with zero attached hydrogens (tertiary/aromatic N) is 3. The third-order valence-electron chi connectivity index (χ3n) is 2.48. The summed E-state index contributed by atoms with van der Waals surface area (Å²) in [5.74, 6) is 0. The number of hydrogen-bond acceptors (Lipinski definition) is 3. The van der Waals surface area contributed by atoms with Gasteiger partial charge in [-0.3, -0.25) is 9.67 Å². The Hall–Kier alpha value is -1.39. The normalized spacial score (nSPS) is 12.7. The first-order valence-corrected chi connectivity index (χ1v) is 5.37. The number of aryl methyl sites for hydroxylation is 1. The van der Waals surface area contributed by atoms with Crippen LogP contribution in [0.15, 0.2) is 30.6 Å². The van der Waals surface area contributed by atoms with Crippen LogP contribution in [0.25, 0.3) is 0 Å². The maximum absolute atomic E-state index is 6.12. The Morgan fingerprint density at radius 1 is 1.44 bits per heavy atom. The molecule has 0 amide bonds. The van der Waals surface area contributed by atoms with Gasteiger partial charge in [0.2, 0.25) is 0 Å². The molecule has 2 rings (SSSR count). The molecule has 0 aliphatic heterocycles. The molecule has 1 atom stereocenters. The fourth-order valence-corrected chi connectivity index (χ4v) is 1.99. The highest BCUT2D eigenvalue weighted by molar-refractivity contribution is 6.31. The standard InChI is InChI=1S/C11H13ClN4/c1-13-10(9-5-3-4-6-14-9)11-8(12)7-15-16(11)2/h3-7,10,13H,1-2H3. The SMILES string of the molecule is CNC(c1ccccn1)c1c(Cl)cnn1C. The van der Waals surface area contributed by atoms with E-state index in [1.54, 1.807) is 17.1 Å². The van der Waals surface area contributed by atoms with Crippen LogP contribution in [0, 0.1) is 0 Å². The minimum Gasteiger partial charge on any atom is -0.307 e. The monoisotopic (exact) mass is 236 g/mol. The second-order valence-corrected chi connectivity index (χ2v) is 3.88. The van der Waals surface area contributed by atoms with E-state index in [0.29, 0.717) is 5.02 Å². The Labute approximate surface area is 99.3 Å². The van der Waals surface area contributed by atoms with Crippen LogP contribution < -0.4 is 5.32 Å². The number of pyridine rings is 1. The molecule has 2 aromatic rings. The van der Waals surface area contributed by atoms with E-state index in [1.165, 1.54) is 0 Å². The van der Waals surface area contributed by atoms with Crippen LogP contribution >= 0.6 is 11.6 Å². The summed E-state index contributed by atoms with van der Waals surface area (Å²) >= 11 is 6.12. The summed E-state index contributed by atoms with van der Waals surface area (Å²) in [6.45, 7) is 0. The Morgan fingerprint density at radius 2 is 2.25 bits per heavy atom. The van der Waals surface area contributed by atoms with Crippen molar-refractivity contribution in [2.24, 2.45) is 7.05 Å². The van der Waals surface area contributed by atoms with Gasteiger partial charge in [-0.1, -0.05) is 17.7 Å². The zero-order valence-corrected chi connectivity index (χ0v) is 9.94. The maximum atomic E-state index is 6.12. The molecule has 5 heteroatoms. The van der Waals surface area contributed by atoms with Gasteiger partial charge in [-0.15, -0.1) is 0 Å². The lowest BCUT2D eigenvalue weighted by Crippen LogP contribution is -2.21. The van der Waals surface area contributed by atoms with Crippen LogP contribution in [-0.4, -0.2) is 21.8 Å². The molecule has 0 aliphatic carbocycles. The van der Waals surface area contributed by atoms with Gasteiger partial charge in [0.05, 0.1) is 28.6 Å². The molecule has 0 radical (unpaired) electrons. The zero-order valence-electron chi connectivity index (χ0n) is 9.18. The second-order valence-electron chi connectivity index (χ2n) is 3.48. The third-order valence-corrected chi connectivity index (χ3v) is 2.77. The average molecular weight is 237 g/mol. The fraction of sp³-hybridized carbons (Fsp3) is 0.273. The lowest BCUT2D eigenvalue weighted by molar-refractivity contribution is 0.594. The molecule has 0 bridgehead atoms. The van der Waals surface area contributed by atoms with Gasteiger partial charge in [0.1, 0.15) is 0 Å². The Balaban J connectivity index is 2.45. The highest BCUT2D eigenvalue weighted by Crippen LogP contribution is 2.25. The van der Waals surface area contributed by atoms with E-state index in [1.807, 2.05) is 32.3 Å². The Bertz CT molecular complexity index is 447. The molecule has 2 aromatic heterocycles. The summed E-state index contributed by atoms with van der Waals surface area (Å²) in [6, 6.07) is 5.77. The highest BCUT2D eigenvalue weighted by Gasteiger charge is 2.19. The van der Waals surface area contributed by atoms with Crippen molar-refractivity contribution < 1.29 is 0 Å². The molecule has 0 aliphatic rings. The smallest absolute Gasteiger partial charge is 0.0934 e. The number of aromatic nitrogens is 3. The van der Waals surface area contributed by atoms with Crippen LogP contribution in [0.4, 0.5) is 0 Å². The van der Waals surface area contributed by atoms with Crippen molar-refractivity contribution in [3.05, 3.63) is 47.0 Å². The van der Waals surface area contributed by atoms with Crippen LogP contribution in [0.3, 0.4) is 0 Å². The summed E-state index contributed by atoms with van der Waals surface area (Å²) in [5, 5.41) is 7.97. The highest BCUT2D eigenvalue weighted by atomic mass is 35.5. The van der Waals surface area contributed by atoms with Crippen molar-refractivity contribution in [2.45, 2.75) is 6.04 Å². The number of hydrogen-bond donors (Lipinski definition) is 1. The van der Waals surface area contributed by atoms with Gasteiger partial charge in [-0.25, -0.2) is 0 Å². The van der Waals surface area contributed by atoms with Crippen molar-refractivity contribution in [2.75, 3.05) is 7.05 Å². The molecule has 2 heterocycles. The zero-order chi connectivity index (χ0) is 11.5. The molecule has 84 valence electrons. The lowest BCUT2D eigenvalue weighted by Gasteiger charge is -2.16. The Morgan fingerprint density at radius 3 is 2.75 bits per heavy atom. The van der Waals surface area contributed by atoms with E-state index < -0.39 is 0 Å². The molecule has 0 spiro atoms. The third kappa shape index (κ3) is 1.94. The molecule has 16 heavy (non-hydrogen) atoms. The van der Waals surface area contributed by atoms with E-state index in [-0.39, 0.29) is 6.04 Å². The van der Waals surface area contributed by atoms with Crippen LogP contribution in [0.2, 0.25) is 5.02 Å². The number of rotatable bonds is 3. The number of nitrogens with one attached hydrogen (secondary N) is 1. The predicted molar refractivity (Wildman–Crippen MR) is 63.4 cm³/mol. The van der Waals surface area contributed by atoms with Gasteiger partial charge < -0.3 is 5.32 Å². The van der Waals surface area contributed by atoms with Crippen molar-refractivity contribution in [1.82, 2.24) is 20.1 Å². The fourth-order valence-electron chi connectivity index (χ4n) is 1.72. The van der Waals surface area contributed by atoms with Gasteiger partial charge in [0.15, 0.2) is 0 Å². The molecule has 0 aromatic carbocycles. The van der Waals surface area contributed by atoms with Crippen molar-refractivity contribution >= 4 is 11.6 Å². The van der Waals surface area contributed by atoms with Gasteiger partial charge in [0, 0.05) is 13.2 Å². The molecular formula is C11H13ClN4. The van der Waals surface area contributed by atoms with Crippen LogP contribution in [-0.2, 0) is 7.05 Å². The second kappa shape index (κ2) is 4.63. The minimum atomic E-state index is -0.0406. The van der Waals surface area contributed by atoms with Crippen LogP contribution in [0.1, 0.15) is 17.4 Å². The van der Waals surface area contributed by atoms with E-state index in [2.05, 4.69) is 15.4 Å². The van der Waals surface area contributed by atoms with E-state index in [9.17, 15) is 0 Å². The first-order chi connectivity index (χ1) is 7.74. The average Bonchev–Trinajstić information content (AvgIpc) is 2.63. The topological polar surface area (TPSA) is 42.7 Å². The maximum Gasteiger partial charge on any atom is 0.0934 e. The quantitative estimate of drug-likeness (QED) is 0.884. The van der Waals surface area contributed by atoms with Gasteiger partial charge in [-0.2, -0.15) is 5.10 Å². The molecule has 4 nitrogen and oxygen atoms in total. The summed E-state index contributed by atoms with van der Waals surface area (Å²) in [4.78, 5) is 4.33. The number of halogens is 1. The Kier molecular flexibility index (Phi) is 3.22. The predicted octanol–water partition coefficient (Wildman–Crippen LogP) is 1.78. The summed E-state index contributed by atoms with van der Waals surface area (Å²) in [5.41, 5.74) is 1.85. The molecule has 0 saturated carbocycles. The van der Waals surface area contributed by atoms with E-state index in [4.69, 9.17) is 11.6 Å². The van der Waals surface area contributed by atoms with Gasteiger partial charge in [0.25, 0.3) is 0 Å². The van der Waals surface area contributed by atoms with E-state index >= 15 is 0 Å². The van der Waals surface area contributed by atoms with Gasteiger partial charge in [-0.05, 0) is 19.2 Å². The lowest BCUT2D eigenvalue weighted by atomic mass is 10.1. The van der Waals surface area contributed by atoms with Crippen molar-refractivity contribution in [3.63, 3.8) is 0 Å². The summed E-state index contributed by atoms with van der Waals surface area (Å²) < 4.78 is 1.76. The molecule has 1 N–H and O–H groups in total.